The van der Waals surface area contributed by atoms with Crippen LogP contribution in [0.5, 0.6) is 0 Å². The second-order valence-electron chi connectivity index (χ2n) is 4.06. The number of nitrogens with zero attached hydrogens (tertiary/aromatic N) is 1. The molecule has 0 atom stereocenters. The summed E-state index contributed by atoms with van der Waals surface area (Å²) in [7, 11) is 0. The zero-order valence-corrected chi connectivity index (χ0v) is 8.91. The summed E-state index contributed by atoms with van der Waals surface area (Å²) in [5.74, 6) is 0.535. The van der Waals surface area contributed by atoms with Gasteiger partial charge in [-0.25, -0.2) is 0 Å². The van der Waals surface area contributed by atoms with Crippen LogP contribution in [0, 0.1) is 6.92 Å². The van der Waals surface area contributed by atoms with Gasteiger partial charge >= 0.3 is 0 Å². The highest BCUT2D eigenvalue weighted by molar-refractivity contribution is 5.88. The van der Waals surface area contributed by atoms with Crippen molar-refractivity contribution in [3.05, 3.63) is 41.7 Å². The third-order valence-electron chi connectivity index (χ3n) is 2.64. The van der Waals surface area contributed by atoms with Gasteiger partial charge in [0.05, 0.1) is 0 Å². The third kappa shape index (κ3) is 1.39. The van der Waals surface area contributed by atoms with E-state index >= 15 is 0 Å². The Morgan fingerprint density at radius 1 is 1.14 bits per heavy atom. The van der Waals surface area contributed by atoms with Gasteiger partial charge in [0.15, 0.2) is 0 Å². The number of aryl methyl sites for hydroxylation is 1. The van der Waals surface area contributed by atoms with E-state index in [1.807, 2.05) is 12.4 Å². The SMILES string of the molecule is Cc1cccc2cncc(C(C)C)c12. The molecule has 0 amide bonds. The van der Waals surface area contributed by atoms with Crippen molar-refractivity contribution in [1.29, 1.82) is 0 Å². The Kier molecular flexibility index (Phi) is 2.24. The number of benzene rings is 1. The highest BCUT2D eigenvalue weighted by atomic mass is 14.6. The summed E-state index contributed by atoms with van der Waals surface area (Å²) in [4.78, 5) is 4.28. The maximum absolute atomic E-state index is 4.28. The molecule has 0 aliphatic heterocycles. The number of hydrogen-bond acceptors (Lipinski definition) is 1. The van der Waals surface area contributed by atoms with Crippen molar-refractivity contribution in [2.45, 2.75) is 26.7 Å². The topological polar surface area (TPSA) is 12.9 Å². The highest BCUT2D eigenvalue weighted by Gasteiger charge is 2.06. The summed E-state index contributed by atoms with van der Waals surface area (Å²) in [5.41, 5.74) is 2.69. The molecule has 0 fully saturated rings. The van der Waals surface area contributed by atoms with Crippen molar-refractivity contribution in [3.8, 4) is 0 Å². The van der Waals surface area contributed by atoms with Crippen LogP contribution in [0.15, 0.2) is 30.6 Å². The predicted octanol–water partition coefficient (Wildman–Crippen LogP) is 3.67. The average molecular weight is 185 g/mol. The molecule has 0 radical (unpaired) electrons. The summed E-state index contributed by atoms with van der Waals surface area (Å²) < 4.78 is 0. The van der Waals surface area contributed by atoms with E-state index in [0.717, 1.165) is 0 Å². The van der Waals surface area contributed by atoms with E-state index in [2.05, 4.69) is 44.0 Å². The molecule has 1 heteroatoms. The van der Waals surface area contributed by atoms with Crippen LogP contribution in [0.3, 0.4) is 0 Å². The summed E-state index contributed by atoms with van der Waals surface area (Å²) in [6, 6.07) is 6.37. The average Bonchev–Trinajstić information content (AvgIpc) is 2.17. The number of hydrogen-bond donors (Lipinski definition) is 0. The van der Waals surface area contributed by atoms with Crippen molar-refractivity contribution in [3.63, 3.8) is 0 Å². The Morgan fingerprint density at radius 3 is 2.64 bits per heavy atom. The quantitative estimate of drug-likeness (QED) is 0.660. The van der Waals surface area contributed by atoms with Crippen molar-refractivity contribution < 1.29 is 0 Å². The number of rotatable bonds is 1. The van der Waals surface area contributed by atoms with Gasteiger partial charge in [0.2, 0.25) is 0 Å². The minimum absolute atomic E-state index is 0.535. The van der Waals surface area contributed by atoms with E-state index in [-0.39, 0.29) is 0 Å². The zero-order valence-electron chi connectivity index (χ0n) is 8.91. The minimum Gasteiger partial charge on any atom is -0.264 e. The van der Waals surface area contributed by atoms with Gasteiger partial charge in [0, 0.05) is 17.8 Å². The molecular weight excluding hydrogens is 170 g/mol. The lowest BCUT2D eigenvalue weighted by molar-refractivity contribution is 0.868. The second kappa shape index (κ2) is 3.41. The summed E-state index contributed by atoms with van der Waals surface area (Å²) in [6.45, 7) is 6.58. The second-order valence-corrected chi connectivity index (χ2v) is 4.06. The van der Waals surface area contributed by atoms with E-state index in [1.54, 1.807) is 0 Å². The van der Waals surface area contributed by atoms with E-state index in [4.69, 9.17) is 0 Å². The standard InChI is InChI=1S/C13H15N/c1-9(2)12-8-14-7-11-6-4-5-10(3)13(11)12/h4-9H,1-3H3. The van der Waals surface area contributed by atoms with Gasteiger partial charge in [0.25, 0.3) is 0 Å². The first kappa shape index (κ1) is 9.20. The molecule has 1 heterocycles. The zero-order chi connectivity index (χ0) is 10.1. The maximum Gasteiger partial charge on any atom is 0.0346 e. The molecule has 72 valence electrons. The molecule has 2 rings (SSSR count). The van der Waals surface area contributed by atoms with Crippen LogP contribution < -0.4 is 0 Å². The molecule has 0 N–H and O–H groups in total. The summed E-state index contributed by atoms with van der Waals surface area (Å²) >= 11 is 0. The lowest BCUT2D eigenvalue weighted by Crippen LogP contribution is -1.92. The van der Waals surface area contributed by atoms with Crippen LogP contribution in [0.1, 0.15) is 30.9 Å². The Morgan fingerprint density at radius 2 is 1.93 bits per heavy atom. The Hall–Kier alpha value is -1.37. The molecule has 2 aromatic rings. The van der Waals surface area contributed by atoms with E-state index in [9.17, 15) is 0 Å². The number of aromatic nitrogens is 1. The fourth-order valence-electron chi connectivity index (χ4n) is 1.89. The van der Waals surface area contributed by atoms with Crippen LogP contribution in [0.4, 0.5) is 0 Å². The van der Waals surface area contributed by atoms with Crippen LogP contribution >= 0.6 is 0 Å². The number of pyridine rings is 1. The van der Waals surface area contributed by atoms with Crippen molar-refractivity contribution >= 4 is 10.8 Å². The van der Waals surface area contributed by atoms with Crippen LogP contribution in [-0.2, 0) is 0 Å². The Labute approximate surface area is 84.8 Å². The van der Waals surface area contributed by atoms with Gasteiger partial charge < -0.3 is 0 Å². The fraction of sp³-hybridized carbons (Fsp3) is 0.308. The first-order valence-corrected chi connectivity index (χ1v) is 5.03. The molecular formula is C13H15N. The maximum atomic E-state index is 4.28. The summed E-state index contributed by atoms with van der Waals surface area (Å²) in [6.07, 6.45) is 3.92. The highest BCUT2D eigenvalue weighted by Crippen LogP contribution is 2.26. The Balaban J connectivity index is 2.84. The van der Waals surface area contributed by atoms with Gasteiger partial charge in [-0.3, -0.25) is 4.98 Å². The van der Waals surface area contributed by atoms with Crippen LogP contribution in [-0.4, -0.2) is 4.98 Å². The molecule has 1 nitrogen and oxygen atoms in total. The van der Waals surface area contributed by atoms with Gasteiger partial charge in [-0.05, 0) is 29.4 Å². The molecule has 0 bridgehead atoms. The number of fused-ring (bicyclic) bond motifs is 1. The molecule has 1 aromatic carbocycles. The van der Waals surface area contributed by atoms with Crippen LogP contribution in [0.2, 0.25) is 0 Å². The van der Waals surface area contributed by atoms with E-state index < -0.39 is 0 Å². The normalized spacial score (nSPS) is 11.1. The lowest BCUT2D eigenvalue weighted by Gasteiger charge is -2.11. The predicted molar refractivity (Wildman–Crippen MR) is 60.6 cm³/mol. The van der Waals surface area contributed by atoms with Crippen molar-refractivity contribution in [2.75, 3.05) is 0 Å². The molecule has 14 heavy (non-hydrogen) atoms. The molecule has 1 aromatic heterocycles. The van der Waals surface area contributed by atoms with Crippen LogP contribution in [0.25, 0.3) is 10.8 Å². The van der Waals surface area contributed by atoms with Crippen molar-refractivity contribution in [1.82, 2.24) is 4.98 Å². The molecule has 0 spiro atoms. The molecule has 0 saturated carbocycles. The molecule has 0 unspecified atom stereocenters. The van der Waals surface area contributed by atoms with E-state index in [0.29, 0.717) is 5.92 Å². The molecule has 0 aliphatic carbocycles. The van der Waals surface area contributed by atoms with Gasteiger partial charge in [-0.15, -0.1) is 0 Å². The fourth-order valence-corrected chi connectivity index (χ4v) is 1.89. The van der Waals surface area contributed by atoms with Crippen molar-refractivity contribution in [2.24, 2.45) is 0 Å². The first-order valence-electron chi connectivity index (χ1n) is 5.03. The third-order valence-corrected chi connectivity index (χ3v) is 2.64. The molecule has 0 saturated heterocycles. The first-order chi connectivity index (χ1) is 6.70. The summed E-state index contributed by atoms with van der Waals surface area (Å²) in [5, 5.41) is 2.62. The van der Waals surface area contributed by atoms with E-state index in [1.165, 1.54) is 21.9 Å². The van der Waals surface area contributed by atoms with Gasteiger partial charge in [-0.2, -0.15) is 0 Å². The van der Waals surface area contributed by atoms with Gasteiger partial charge in [0.1, 0.15) is 0 Å². The smallest absolute Gasteiger partial charge is 0.0346 e. The lowest BCUT2D eigenvalue weighted by atomic mass is 9.96. The minimum atomic E-state index is 0.535. The van der Waals surface area contributed by atoms with Gasteiger partial charge in [-0.1, -0.05) is 32.0 Å². The largest absolute Gasteiger partial charge is 0.264 e. The monoisotopic (exact) mass is 185 g/mol. The molecule has 0 aliphatic rings. The Bertz CT molecular complexity index is 452.